The van der Waals surface area contributed by atoms with Crippen molar-refractivity contribution in [2.45, 2.75) is 57.5 Å². The highest BCUT2D eigenvalue weighted by atomic mass is 16.6. The maximum Gasteiger partial charge on any atom is 0.411 e. The van der Waals surface area contributed by atoms with Gasteiger partial charge >= 0.3 is 6.09 Å². The van der Waals surface area contributed by atoms with Gasteiger partial charge in [0.15, 0.2) is 0 Å². The van der Waals surface area contributed by atoms with E-state index in [2.05, 4.69) is 24.4 Å². The Hall–Kier alpha value is -2.82. The normalized spacial score (nSPS) is 28.8. The molecule has 3 aliphatic rings. The van der Waals surface area contributed by atoms with Gasteiger partial charge in [-0.25, -0.2) is 4.79 Å². The van der Waals surface area contributed by atoms with Crippen molar-refractivity contribution >= 4 is 23.4 Å². The predicted octanol–water partition coefficient (Wildman–Crippen LogP) is 5.49. The summed E-state index contributed by atoms with van der Waals surface area (Å²) in [5.74, 6) is 1.30. The van der Waals surface area contributed by atoms with Crippen LogP contribution in [-0.2, 0) is 14.9 Å². The molecular weight excluding hydrogens is 388 g/mol. The fourth-order valence-corrected chi connectivity index (χ4v) is 5.93. The number of amides is 2. The quantitative estimate of drug-likeness (QED) is 0.717. The summed E-state index contributed by atoms with van der Waals surface area (Å²) >= 11 is 0. The zero-order valence-corrected chi connectivity index (χ0v) is 18.3. The number of carbonyl (C=O) groups excluding carboxylic acids is 2. The van der Waals surface area contributed by atoms with Gasteiger partial charge < -0.3 is 9.64 Å². The SMILES string of the molecule is CC(=O)N1CCC(C)(c2ccccc2)c2cc(NC(=O)O[C@H]3CC4CC[C@H]3C4)ccc21. The molecule has 5 heteroatoms. The number of anilines is 2. The molecule has 5 rings (SSSR count). The Morgan fingerprint density at radius 2 is 1.90 bits per heavy atom. The van der Waals surface area contributed by atoms with Crippen LogP contribution in [-0.4, -0.2) is 24.6 Å². The summed E-state index contributed by atoms with van der Waals surface area (Å²) in [5.41, 5.74) is 3.64. The average molecular weight is 419 g/mol. The highest BCUT2D eigenvalue weighted by Gasteiger charge is 2.42. The monoisotopic (exact) mass is 418 g/mol. The lowest BCUT2D eigenvalue weighted by Gasteiger charge is -2.41. The van der Waals surface area contributed by atoms with Crippen molar-refractivity contribution in [2.24, 2.45) is 11.8 Å². The molecule has 0 aromatic heterocycles. The van der Waals surface area contributed by atoms with Crippen LogP contribution in [0.5, 0.6) is 0 Å². The van der Waals surface area contributed by atoms with Gasteiger partial charge in [-0.3, -0.25) is 10.1 Å². The van der Waals surface area contributed by atoms with Crippen molar-refractivity contribution in [2.75, 3.05) is 16.8 Å². The molecule has 1 heterocycles. The first-order chi connectivity index (χ1) is 14.9. The van der Waals surface area contributed by atoms with E-state index in [0.29, 0.717) is 18.2 Å². The van der Waals surface area contributed by atoms with Gasteiger partial charge in [-0.1, -0.05) is 37.3 Å². The second kappa shape index (κ2) is 7.70. The van der Waals surface area contributed by atoms with Gasteiger partial charge in [0.05, 0.1) is 0 Å². The van der Waals surface area contributed by atoms with Gasteiger partial charge in [-0.05, 0) is 73.3 Å². The van der Waals surface area contributed by atoms with Crippen molar-refractivity contribution in [3.8, 4) is 0 Å². The third kappa shape index (κ3) is 3.60. The van der Waals surface area contributed by atoms with E-state index in [-0.39, 0.29) is 23.5 Å². The topological polar surface area (TPSA) is 58.6 Å². The lowest BCUT2D eigenvalue weighted by atomic mass is 9.71. The number of fused-ring (bicyclic) bond motifs is 3. The van der Waals surface area contributed by atoms with Gasteiger partial charge in [0.2, 0.25) is 5.91 Å². The summed E-state index contributed by atoms with van der Waals surface area (Å²) in [4.78, 5) is 26.7. The molecular formula is C26H30N2O3. The van der Waals surface area contributed by atoms with E-state index in [9.17, 15) is 9.59 Å². The van der Waals surface area contributed by atoms with E-state index in [1.165, 1.54) is 24.8 Å². The molecule has 4 atom stereocenters. The zero-order chi connectivity index (χ0) is 21.6. The van der Waals surface area contributed by atoms with Crippen LogP contribution in [0.15, 0.2) is 48.5 Å². The van der Waals surface area contributed by atoms with E-state index in [4.69, 9.17) is 4.74 Å². The molecule has 31 heavy (non-hydrogen) atoms. The summed E-state index contributed by atoms with van der Waals surface area (Å²) < 4.78 is 5.77. The third-order valence-electron chi connectivity index (χ3n) is 7.69. The minimum atomic E-state index is -0.377. The summed E-state index contributed by atoms with van der Waals surface area (Å²) in [6.07, 6.45) is 5.16. The first kappa shape index (κ1) is 20.1. The van der Waals surface area contributed by atoms with Crippen LogP contribution in [0, 0.1) is 11.8 Å². The van der Waals surface area contributed by atoms with Crippen LogP contribution < -0.4 is 10.2 Å². The molecule has 5 nitrogen and oxygen atoms in total. The lowest BCUT2D eigenvalue weighted by Crippen LogP contribution is -2.41. The van der Waals surface area contributed by atoms with Gasteiger partial charge in [-0.15, -0.1) is 0 Å². The van der Waals surface area contributed by atoms with Crippen LogP contribution >= 0.6 is 0 Å². The van der Waals surface area contributed by atoms with Crippen LogP contribution in [0.1, 0.15) is 57.1 Å². The first-order valence-electron chi connectivity index (χ1n) is 11.4. The molecule has 2 bridgehead atoms. The van der Waals surface area contributed by atoms with E-state index in [1.807, 2.05) is 41.3 Å². The molecule has 2 aromatic carbocycles. The van der Waals surface area contributed by atoms with Crippen LogP contribution in [0.4, 0.5) is 16.2 Å². The number of hydrogen-bond acceptors (Lipinski definition) is 3. The maximum atomic E-state index is 12.6. The molecule has 0 saturated heterocycles. The second-order valence-corrected chi connectivity index (χ2v) is 9.59. The van der Waals surface area contributed by atoms with Crippen molar-refractivity contribution < 1.29 is 14.3 Å². The molecule has 0 radical (unpaired) electrons. The third-order valence-corrected chi connectivity index (χ3v) is 7.69. The number of nitrogens with zero attached hydrogens (tertiary/aromatic N) is 1. The molecule has 1 N–H and O–H groups in total. The van der Waals surface area contributed by atoms with E-state index in [0.717, 1.165) is 30.0 Å². The largest absolute Gasteiger partial charge is 0.446 e. The Labute approximate surface area is 183 Å². The Balaban J connectivity index is 1.42. The highest BCUT2D eigenvalue weighted by Crippen LogP contribution is 2.47. The maximum absolute atomic E-state index is 12.6. The molecule has 2 aromatic rings. The summed E-state index contributed by atoms with van der Waals surface area (Å²) in [6, 6.07) is 16.2. The Morgan fingerprint density at radius 3 is 2.58 bits per heavy atom. The Bertz CT molecular complexity index is 1000. The lowest BCUT2D eigenvalue weighted by molar-refractivity contribution is -0.116. The minimum absolute atomic E-state index is 0.0350. The average Bonchev–Trinajstić information content (AvgIpc) is 3.38. The summed E-state index contributed by atoms with van der Waals surface area (Å²) in [6.45, 7) is 4.50. The molecule has 162 valence electrons. The van der Waals surface area contributed by atoms with Crippen molar-refractivity contribution in [3.05, 3.63) is 59.7 Å². The molecule has 2 saturated carbocycles. The Kier molecular flexibility index (Phi) is 4.99. The number of hydrogen-bond donors (Lipinski definition) is 1. The molecule has 2 unspecified atom stereocenters. The van der Waals surface area contributed by atoms with E-state index in [1.54, 1.807) is 6.92 Å². The van der Waals surface area contributed by atoms with Crippen molar-refractivity contribution in [1.29, 1.82) is 0 Å². The van der Waals surface area contributed by atoms with E-state index >= 15 is 0 Å². The van der Waals surface area contributed by atoms with E-state index < -0.39 is 0 Å². The molecule has 2 aliphatic carbocycles. The fraction of sp³-hybridized carbons (Fsp3) is 0.462. The number of carbonyl (C=O) groups is 2. The summed E-state index contributed by atoms with van der Waals surface area (Å²) in [5, 5.41) is 2.95. The van der Waals surface area contributed by atoms with Crippen LogP contribution in [0.2, 0.25) is 0 Å². The Morgan fingerprint density at radius 1 is 1.10 bits per heavy atom. The fourth-order valence-electron chi connectivity index (χ4n) is 5.93. The van der Waals surface area contributed by atoms with Gasteiger partial charge in [0, 0.05) is 30.3 Å². The number of ether oxygens (including phenoxy) is 1. The van der Waals surface area contributed by atoms with Gasteiger partial charge in [-0.2, -0.15) is 0 Å². The number of rotatable bonds is 3. The summed E-state index contributed by atoms with van der Waals surface area (Å²) in [7, 11) is 0. The molecule has 2 fully saturated rings. The zero-order valence-electron chi connectivity index (χ0n) is 18.3. The van der Waals surface area contributed by atoms with Crippen molar-refractivity contribution in [3.63, 3.8) is 0 Å². The first-order valence-corrected chi connectivity index (χ1v) is 11.4. The van der Waals surface area contributed by atoms with Crippen LogP contribution in [0.25, 0.3) is 0 Å². The number of benzene rings is 2. The minimum Gasteiger partial charge on any atom is -0.446 e. The van der Waals surface area contributed by atoms with Gasteiger partial charge in [0.25, 0.3) is 0 Å². The molecule has 1 aliphatic heterocycles. The number of nitrogens with one attached hydrogen (secondary N) is 1. The standard InChI is InChI=1S/C26H30N2O3/c1-17(29)28-13-12-26(2,20-6-4-3-5-7-20)22-16-21(10-11-23(22)28)27-25(30)31-24-15-18-8-9-19(24)14-18/h3-7,10-11,16,18-19,24H,8-9,12-15H2,1-2H3,(H,27,30)/t18?,19-,24-,26?/m0/s1. The second-order valence-electron chi connectivity index (χ2n) is 9.59. The predicted molar refractivity (Wildman–Crippen MR) is 121 cm³/mol. The molecule has 2 amide bonds. The van der Waals surface area contributed by atoms with Crippen LogP contribution in [0.3, 0.4) is 0 Å². The van der Waals surface area contributed by atoms with Gasteiger partial charge in [0.1, 0.15) is 6.10 Å². The smallest absolute Gasteiger partial charge is 0.411 e. The highest BCUT2D eigenvalue weighted by molar-refractivity contribution is 5.94. The molecule has 0 spiro atoms. The van der Waals surface area contributed by atoms with Crippen molar-refractivity contribution in [1.82, 2.24) is 0 Å².